The van der Waals surface area contributed by atoms with E-state index in [-0.39, 0.29) is 0 Å². The van der Waals surface area contributed by atoms with Crippen LogP contribution in [0.2, 0.25) is 0 Å². The average Bonchev–Trinajstić information content (AvgIpc) is 2.77. The average molecular weight is 369 g/mol. The highest BCUT2D eigenvalue weighted by Crippen LogP contribution is 2.23. The van der Waals surface area contributed by atoms with E-state index in [1.54, 1.807) is 14.2 Å². The van der Waals surface area contributed by atoms with E-state index in [1.807, 2.05) is 48.5 Å². The normalized spacial score (nSPS) is 11.0. The zero-order chi connectivity index (χ0) is 19.8. The van der Waals surface area contributed by atoms with Gasteiger partial charge in [-0.05, 0) is 71.5 Å². The first-order chi connectivity index (χ1) is 13.7. The van der Waals surface area contributed by atoms with Gasteiger partial charge in [-0.25, -0.2) is 0 Å². The molecular weight excluding hydrogens is 346 g/mol. The summed E-state index contributed by atoms with van der Waals surface area (Å²) in [6.45, 7) is 0. The molecule has 0 bridgehead atoms. The van der Waals surface area contributed by atoms with Crippen molar-refractivity contribution < 1.29 is 9.47 Å². The number of benzene rings is 3. The molecule has 0 N–H and O–H groups in total. The summed E-state index contributed by atoms with van der Waals surface area (Å²) in [6.07, 6.45) is 3.90. The van der Waals surface area contributed by atoms with Gasteiger partial charge in [-0.3, -0.25) is 0 Å². The fraction of sp³-hybridized carbons (Fsp3) is 0.160. The molecule has 0 saturated carbocycles. The lowest BCUT2D eigenvalue weighted by atomic mass is 9.95. The monoisotopic (exact) mass is 369 g/mol. The zero-order valence-corrected chi connectivity index (χ0v) is 16.2. The Hall–Kier alpha value is -3.51. The third-order valence-electron chi connectivity index (χ3n) is 4.68. The Kier molecular flexibility index (Phi) is 6.49. The lowest BCUT2D eigenvalue weighted by Crippen LogP contribution is -1.94. The Morgan fingerprint density at radius 3 is 1.82 bits per heavy atom. The second-order valence-corrected chi connectivity index (χ2v) is 6.50. The largest absolute Gasteiger partial charge is 0.497 e. The fourth-order valence-corrected chi connectivity index (χ4v) is 3.02. The van der Waals surface area contributed by atoms with Crippen LogP contribution in [0.1, 0.15) is 22.3 Å². The van der Waals surface area contributed by atoms with Crippen LogP contribution >= 0.6 is 0 Å². The molecule has 0 aliphatic heterocycles. The van der Waals surface area contributed by atoms with Gasteiger partial charge in [0.1, 0.15) is 11.5 Å². The van der Waals surface area contributed by atoms with E-state index in [0.29, 0.717) is 5.56 Å². The molecule has 3 heteroatoms. The highest BCUT2D eigenvalue weighted by atomic mass is 16.5. The maximum Gasteiger partial charge on any atom is 0.118 e. The van der Waals surface area contributed by atoms with Crippen LogP contribution < -0.4 is 9.47 Å². The molecule has 0 aliphatic carbocycles. The molecule has 3 aromatic rings. The van der Waals surface area contributed by atoms with Crippen molar-refractivity contribution in [1.29, 1.82) is 5.26 Å². The molecule has 0 atom stereocenters. The molecule has 0 saturated heterocycles. The van der Waals surface area contributed by atoms with E-state index < -0.39 is 0 Å². The minimum Gasteiger partial charge on any atom is -0.497 e. The summed E-state index contributed by atoms with van der Waals surface area (Å²) in [4.78, 5) is 0. The van der Waals surface area contributed by atoms with Crippen LogP contribution in [-0.2, 0) is 12.8 Å². The predicted octanol–water partition coefficient (Wildman–Crippen LogP) is 5.44. The number of nitrogens with zero attached hydrogens (tertiary/aromatic N) is 1. The van der Waals surface area contributed by atoms with Crippen LogP contribution in [0.25, 0.3) is 5.57 Å². The Morgan fingerprint density at radius 1 is 0.786 bits per heavy atom. The predicted molar refractivity (Wildman–Crippen MR) is 113 cm³/mol. The van der Waals surface area contributed by atoms with Gasteiger partial charge >= 0.3 is 0 Å². The number of hydrogen-bond donors (Lipinski definition) is 0. The van der Waals surface area contributed by atoms with E-state index >= 15 is 0 Å². The molecule has 0 fully saturated rings. The second-order valence-electron chi connectivity index (χ2n) is 6.50. The third kappa shape index (κ3) is 5.02. The molecule has 0 heterocycles. The Bertz CT molecular complexity index is 963. The van der Waals surface area contributed by atoms with Crippen molar-refractivity contribution in [2.75, 3.05) is 14.2 Å². The molecule has 3 rings (SSSR count). The van der Waals surface area contributed by atoms with Crippen molar-refractivity contribution in [3.8, 4) is 17.6 Å². The standard InChI is InChI=1S/C25H23NO2/c1-27-24-13-6-19(7-14-24)3-12-23(22-10-4-21(18-26)5-11-22)17-20-8-15-25(28-2)16-9-20/h4-16H,3,17H2,1-2H3. The molecule has 0 aliphatic rings. The van der Waals surface area contributed by atoms with Crippen molar-refractivity contribution in [2.45, 2.75) is 12.8 Å². The molecule has 3 aromatic carbocycles. The van der Waals surface area contributed by atoms with E-state index in [1.165, 1.54) is 16.7 Å². The third-order valence-corrected chi connectivity index (χ3v) is 4.68. The summed E-state index contributed by atoms with van der Waals surface area (Å²) in [7, 11) is 3.35. The number of rotatable bonds is 7. The summed E-state index contributed by atoms with van der Waals surface area (Å²) >= 11 is 0. The Balaban J connectivity index is 1.86. The highest BCUT2D eigenvalue weighted by molar-refractivity contribution is 5.68. The zero-order valence-electron chi connectivity index (χ0n) is 16.2. The molecule has 0 unspecified atom stereocenters. The quantitative estimate of drug-likeness (QED) is 0.556. The first-order valence-corrected chi connectivity index (χ1v) is 9.17. The van der Waals surface area contributed by atoms with Crippen molar-refractivity contribution >= 4 is 5.57 Å². The van der Waals surface area contributed by atoms with E-state index in [0.717, 1.165) is 29.9 Å². The van der Waals surface area contributed by atoms with Gasteiger partial charge in [0, 0.05) is 0 Å². The van der Waals surface area contributed by atoms with Gasteiger partial charge in [-0.2, -0.15) is 5.26 Å². The van der Waals surface area contributed by atoms with Gasteiger partial charge in [0.25, 0.3) is 0 Å². The smallest absolute Gasteiger partial charge is 0.118 e. The minimum atomic E-state index is 0.669. The van der Waals surface area contributed by atoms with Gasteiger partial charge in [-0.1, -0.05) is 42.5 Å². The molecule has 0 aromatic heterocycles. The van der Waals surface area contributed by atoms with E-state index in [2.05, 4.69) is 36.4 Å². The number of ether oxygens (including phenoxy) is 2. The fourth-order valence-electron chi connectivity index (χ4n) is 3.02. The Labute approximate surface area is 166 Å². The van der Waals surface area contributed by atoms with Crippen molar-refractivity contribution in [1.82, 2.24) is 0 Å². The summed E-state index contributed by atoms with van der Waals surface area (Å²) in [6, 6.07) is 26.2. The lowest BCUT2D eigenvalue weighted by molar-refractivity contribution is 0.414. The van der Waals surface area contributed by atoms with Crippen LogP contribution in [0.3, 0.4) is 0 Å². The van der Waals surface area contributed by atoms with Gasteiger partial charge in [0.15, 0.2) is 0 Å². The number of nitriles is 1. The van der Waals surface area contributed by atoms with Gasteiger partial charge in [-0.15, -0.1) is 0 Å². The highest BCUT2D eigenvalue weighted by Gasteiger charge is 2.05. The summed E-state index contributed by atoms with van der Waals surface area (Å²) < 4.78 is 10.5. The van der Waals surface area contributed by atoms with Crippen molar-refractivity contribution in [3.63, 3.8) is 0 Å². The van der Waals surface area contributed by atoms with Crippen molar-refractivity contribution in [2.24, 2.45) is 0 Å². The maximum atomic E-state index is 9.06. The topological polar surface area (TPSA) is 42.2 Å². The van der Waals surface area contributed by atoms with Gasteiger partial charge < -0.3 is 9.47 Å². The first kappa shape index (κ1) is 19.3. The lowest BCUT2D eigenvalue weighted by Gasteiger charge is -2.10. The molecule has 0 radical (unpaired) electrons. The maximum absolute atomic E-state index is 9.06. The molecule has 0 amide bonds. The number of allylic oxidation sites excluding steroid dienone is 2. The summed E-state index contributed by atoms with van der Waals surface area (Å²) in [5.41, 5.74) is 5.46. The number of methoxy groups -OCH3 is 2. The van der Waals surface area contributed by atoms with E-state index in [9.17, 15) is 0 Å². The van der Waals surface area contributed by atoms with Crippen LogP contribution in [0.4, 0.5) is 0 Å². The van der Waals surface area contributed by atoms with Gasteiger partial charge in [0.05, 0.1) is 25.9 Å². The molecule has 28 heavy (non-hydrogen) atoms. The van der Waals surface area contributed by atoms with Crippen LogP contribution in [0, 0.1) is 11.3 Å². The first-order valence-electron chi connectivity index (χ1n) is 9.17. The molecule has 0 spiro atoms. The minimum absolute atomic E-state index is 0.669. The summed E-state index contributed by atoms with van der Waals surface area (Å²) in [5.74, 6) is 1.71. The Morgan fingerprint density at radius 2 is 1.32 bits per heavy atom. The number of hydrogen-bond acceptors (Lipinski definition) is 3. The molecular formula is C25H23NO2. The second kappa shape index (κ2) is 9.43. The SMILES string of the molecule is COc1ccc(CC=C(Cc2ccc(OC)cc2)c2ccc(C#N)cc2)cc1. The van der Waals surface area contributed by atoms with Crippen LogP contribution in [0.15, 0.2) is 78.9 Å². The van der Waals surface area contributed by atoms with Crippen LogP contribution in [-0.4, -0.2) is 14.2 Å². The van der Waals surface area contributed by atoms with Crippen molar-refractivity contribution in [3.05, 3.63) is 101 Å². The molecule has 140 valence electrons. The summed E-state index contributed by atoms with van der Waals surface area (Å²) in [5, 5.41) is 9.06. The van der Waals surface area contributed by atoms with E-state index in [4.69, 9.17) is 14.7 Å². The molecule has 3 nitrogen and oxygen atoms in total. The van der Waals surface area contributed by atoms with Gasteiger partial charge in [0.2, 0.25) is 0 Å². The van der Waals surface area contributed by atoms with Crippen LogP contribution in [0.5, 0.6) is 11.5 Å².